The van der Waals surface area contributed by atoms with Gasteiger partial charge in [-0.2, -0.15) is 0 Å². The van der Waals surface area contributed by atoms with E-state index in [4.69, 9.17) is 4.74 Å². The Balaban J connectivity index is 1.34. The SMILES string of the molecule is C[C@@]1(CBr)S[C@@H]2C(N3C(=O)c4ccccc4C3=O)C(=O)N2C1C(=O)OCc1ccc([N+](=O)[O-])cc1. The molecule has 10 nitrogen and oxygen atoms in total. The highest BCUT2D eigenvalue weighted by atomic mass is 79.9. The second kappa shape index (κ2) is 8.45. The average molecular weight is 560 g/mol. The molecule has 3 aliphatic rings. The summed E-state index contributed by atoms with van der Waals surface area (Å²) in [5, 5.41) is 10.6. The van der Waals surface area contributed by atoms with Gasteiger partial charge in [0.25, 0.3) is 23.4 Å². The van der Waals surface area contributed by atoms with Crippen molar-refractivity contribution in [2.45, 2.75) is 35.7 Å². The topological polar surface area (TPSA) is 127 Å². The van der Waals surface area contributed by atoms with Crippen molar-refractivity contribution in [3.05, 3.63) is 75.3 Å². The van der Waals surface area contributed by atoms with Crippen LogP contribution in [-0.2, 0) is 20.9 Å². The number of nitro benzene ring substituents is 1. The third-order valence-corrected chi connectivity index (χ3v) is 9.59. The van der Waals surface area contributed by atoms with Gasteiger partial charge in [0.05, 0.1) is 20.8 Å². The number of non-ortho nitro benzene ring substituents is 1. The van der Waals surface area contributed by atoms with Gasteiger partial charge in [0.15, 0.2) is 0 Å². The Morgan fingerprint density at radius 2 is 1.71 bits per heavy atom. The summed E-state index contributed by atoms with van der Waals surface area (Å²) >= 11 is 4.78. The van der Waals surface area contributed by atoms with Crippen LogP contribution in [0.4, 0.5) is 5.69 Å². The molecular formula is C23H18BrN3O7S. The van der Waals surface area contributed by atoms with Crippen LogP contribution in [0.15, 0.2) is 48.5 Å². The Morgan fingerprint density at radius 3 is 2.26 bits per heavy atom. The van der Waals surface area contributed by atoms with Gasteiger partial charge in [-0.15, -0.1) is 11.8 Å². The lowest BCUT2D eigenvalue weighted by Crippen LogP contribution is -2.71. The van der Waals surface area contributed by atoms with E-state index in [1.807, 2.05) is 6.92 Å². The van der Waals surface area contributed by atoms with Crippen molar-refractivity contribution in [1.82, 2.24) is 9.80 Å². The Kier molecular flexibility index (Phi) is 5.67. The van der Waals surface area contributed by atoms with Crippen LogP contribution in [0.3, 0.4) is 0 Å². The Hall–Kier alpha value is -3.25. The molecule has 2 saturated heterocycles. The Labute approximate surface area is 211 Å². The van der Waals surface area contributed by atoms with Gasteiger partial charge in [-0.3, -0.25) is 29.4 Å². The number of β-lactam (4-membered cyclic amide) rings is 1. The molecule has 5 rings (SSSR count). The molecule has 2 fully saturated rings. The van der Waals surface area contributed by atoms with E-state index in [2.05, 4.69) is 15.9 Å². The maximum absolute atomic E-state index is 13.2. The first-order valence-corrected chi connectivity index (χ1v) is 12.6. The molecule has 0 aliphatic carbocycles. The second-order valence-corrected chi connectivity index (χ2v) is 10.8. The molecule has 4 atom stereocenters. The monoisotopic (exact) mass is 559 g/mol. The zero-order valence-corrected chi connectivity index (χ0v) is 20.7. The summed E-state index contributed by atoms with van der Waals surface area (Å²) in [5.41, 5.74) is 1.00. The van der Waals surface area contributed by atoms with Crippen molar-refractivity contribution in [2.75, 3.05) is 5.33 Å². The zero-order chi connectivity index (χ0) is 25.1. The van der Waals surface area contributed by atoms with Gasteiger partial charge in [-0.1, -0.05) is 28.1 Å². The third kappa shape index (κ3) is 3.54. The third-order valence-electron chi connectivity index (χ3n) is 6.42. The second-order valence-electron chi connectivity index (χ2n) is 8.60. The van der Waals surface area contributed by atoms with Gasteiger partial charge >= 0.3 is 5.97 Å². The predicted molar refractivity (Wildman–Crippen MR) is 128 cm³/mol. The summed E-state index contributed by atoms with van der Waals surface area (Å²) < 4.78 is 4.72. The molecule has 3 aliphatic heterocycles. The van der Waals surface area contributed by atoms with Gasteiger partial charge in [-0.25, -0.2) is 4.79 Å². The molecule has 0 N–H and O–H groups in total. The highest BCUT2D eigenvalue weighted by Crippen LogP contribution is 2.54. The van der Waals surface area contributed by atoms with E-state index < -0.39 is 50.8 Å². The number of nitrogens with zero attached hydrogens (tertiary/aromatic N) is 3. The van der Waals surface area contributed by atoms with E-state index in [0.717, 1.165) is 4.90 Å². The van der Waals surface area contributed by atoms with Gasteiger partial charge in [0.2, 0.25) is 0 Å². The molecule has 3 amide bonds. The van der Waals surface area contributed by atoms with Crippen LogP contribution in [-0.4, -0.2) is 65.9 Å². The molecule has 2 aromatic carbocycles. The predicted octanol–water partition coefficient (Wildman–Crippen LogP) is 2.74. The molecule has 2 unspecified atom stereocenters. The Morgan fingerprint density at radius 1 is 1.11 bits per heavy atom. The lowest BCUT2D eigenvalue weighted by Gasteiger charge is -2.46. The van der Waals surface area contributed by atoms with Crippen LogP contribution in [0.25, 0.3) is 0 Å². The lowest BCUT2D eigenvalue weighted by atomic mass is 9.95. The van der Waals surface area contributed by atoms with Crippen molar-refractivity contribution in [3.8, 4) is 0 Å². The largest absolute Gasteiger partial charge is 0.459 e. The summed E-state index contributed by atoms with van der Waals surface area (Å²) in [4.78, 5) is 64.9. The van der Waals surface area contributed by atoms with Gasteiger partial charge in [-0.05, 0) is 36.8 Å². The van der Waals surface area contributed by atoms with E-state index in [1.54, 1.807) is 24.3 Å². The van der Waals surface area contributed by atoms with E-state index >= 15 is 0 Å². The van der Waals surface area contributed by atoms with Gasteiger partial charge < -0.3 is 9.64 Å². The Bertz CT molecular complexity index is 1250. The zero-order valence-electron chi connectivity index (χ0n) is 18.3. The summed E-state index contributed by atoms with van der Waals surface area (Å²) in [6.45, 7) is 1.69. The minimum absolute atomic E-state index is 0.0765. The van der Waals surface area contributed by atoms with Crippen LogP contribution >= 0.6 is 27.7 Å². The van der Waals surface area contributed by atoms with Crippen molar-refractivity contribution in [2.24, 2.45) is 0 Å². The number of esters is 1. The standard InChI is InChI=1S/C23H18BrN3O7S/c1-23(11-24)17(22(31)34-10-12-6-8-13(9-7-12)27(32)33)26-20(30)16(21(26)35-23)25-18(28)14-4-2-3-5-15(14)19(25)29/h2-9,16-17,21H,10-11H2,1H3/t16?,17?,21-,23+/m1/s1. The van der Waals surface area contributed by atoms with Crippen LogP contribution in [0.2, 0.25) is 0 Å². The first-order valence-electron chi connectivity index (χ1n) is 10.6. The molecule has 180 valence electrons. The number of hydrogen-bond acceptors (Lipinski definition) is 8. The van der Waals surface area contributed by atoms with E-state index in [1.165, 1.54) is 40.9 Å². The van der Waals surface area contributed by atoms with E-state index in [0.29, 0.717) is 10.9 Å². The quantitative estimate of drug-likeness (QED) is 0.132. The number of ether oxygens (including phenoxy) is 1. The van der Waals surface area contributed by atoms with Gasteiger partial charge in [0, 0.05) is 17.5 Å². The van der Waals surface area contributed by atoms with Crippen LogP contribution in [0, 0.1) is 10.1 Å². The molecule has 0 radical (unpaired) electrons. The fourth-order valence-corrected chi connectivity index (χ4v) is 6.98. The first kappa shape index (κ1) is 23.5. The smallest absolute Gasteiger partial charge is 0.330 e. The lowest BCUT2D eigenvalue weighted by molar-refractivity contribution is -0.384. The van der Waals surface area contributed by atoms with Crippen LogP contribution < -0.4 is 0 Å². The van der Waals surface area contributed by atoms with Crippen molar-refractivity contribution in [3.63, 3.8) is 0 Å². The number of nitro groups is 1. The van der Waals surface area contributed by atoms with Crippen molar-refractivity contribution < 1.29 is 28.8 Å². The molecule has 12 heteroatoms. The molecule has 2 aromatic rings. The van der Waals surface area contributed by atoms with E-state index in [-0.39, 0.29) is 23.4 Å². The number of amides is 3. The minimum Gasteiger partial charge on any atom is -0.459 e. The molecule has 0 spiro atoms. The maximum Gasteiger partial charge on any atom is 0.330 e. The van der Waals surface area contributed by atoms with Crippen molar-refractivity contribution >= 4 is 57.1 Å². The van der Waals surface area contributed by atoms with Gasteiger partial charge in [0.1, 0.15) is 24.1 Å². The fraction of sp³-hybridized carbons (Fsp3) is 0.304. The number of thioether (sulfide) groups is 1. The number of alkyl halides is 1. The number of hydrogen-bond donors (Lipinski definition) is 0. The summed E-state index contributed by atoms with van der Waals surface area (Å²) in [5.74, 6) is -2.16. The average Bonchev–Trinajstić information content (AvgIpc) is 3.27. The number of fused-ring (bicyclic) bond motifs is 2. The number of benzene rings is 2. The van der Waals surface area contributed by atoms with Crippen LogP contribution in [0.1, 0.15) is 33.2 Å². The molecule has 0 saturated carbocycles. The molecule has 0 aromatic heterocycles. The first-order chi connectivity index (χ1) is 16.7. The highest BCUT2D eigenvalue weighted by Gasteiger charge is 2.68. The number of carbonyl (C=O) groups is 4. The number of halogens is 1. The number of imide groups is 1. The summed E-state index contributed by atoms with van der Waals surface area (Å²) in [6, 6.07) is 10.1. The summed E-state index contributed by atoms with van der Waals surface area (Å²) in [6.07, 6.45) is 0. The molecule has 35 heavy (non-hydrogen) atoms. The van der Waals surface area contributed by atoms with Crippen LogP contribution in [0.5, 0.6) is 0 Å². The fourth-order valence-electron chi connectivity index (χ4n) is 4.61. The number of carbonyl (C=O) groups excluding carboxylic acids is 4. The molecular weight excluding hydrogens is 542 g/mol. The van der Waals surface area contributed by atoms with E-state index in [9.17, 15) is 29.3 Å². The normalized spacial score (nSPS) is 26.9. The number of rotatable bonds is 6. The van der Waals surface area contributed by atoms with Crippen molar-refractivity contribution in [1.29, 1.82) is 0 Å². The molecule has 3 heterocycles. The highest BCUT2D eigenvalue weighted by molar-refractivity contribution is 9.09. The summed E-state index contributed by atoms with van der Waals surface area (Å²) in [7, 11) is 0. The maximum atomic E-state index is 13.2. The molecule has 0 bridgehead atoms. The minimum atomic E-state index is -1.00.